The van der Waals surface area contributed by atoms with Crippen molar-refractivity contribution in [3.8, 4) is 0 Å². The largest absolute Gasteiger partial charge is 0.383 e. The fourth-order valence-electron chi connectivity index (χ4n) is 1.53. The number of rotatable bonds is 1. The second-order valence-corrected chi connectivity index (χ2v) is 3.12. The van der Waals surface area contributed by atoms with Crippen molar-refractivity contribution in [2.75, 3.05) is 5.73 Å². The van der Waals surface area contributed by atoms with Crippen LogP contribution in [-0.4, -0.2) is 9.55 Å². The molecule has 0 saturated heterocycles. The molecule has 0 fully saturated rings. The zero-order chi connectivity index (χ0) is 9.26. The quantitative estimate of drug-likeness (QED) is 0.643. The standard InChI is InChI=1S/C9H11N3O/c10-8-5-6-12(9(13)11-8)7-3-1-2-4-7/h1,3,5-7H,2,4H2,(H2,10,11,13). The van der Waals surface area contributed by atoms with Gasteiger partial charge in [0.05, 0.1) is 6.04 Å². The van der Waals surface area contributed by atoms with Gasteiger partial charge >= 0.3 is 5.69 Å². The van der Waals surface area contributed by atoms with Crippen molar-refractivity contribution in [3.05, 3.63) is 34.9 Å². The minimum Gasteiger partial charge on any atom is -0.383 e. The number of allylic oxidation sites excluding steroid dienone is 2. The average Bonchev–Trinajstić information content (AvgIpc) is 2.56. The molecule has 13 heavy (non-hydrogen) atoms. The Kier molecular flexibility index (Phi) is 1.88. The van der Waals surface area contributed by atoms with E-state index in [4.69, 9.17) is 5.73 Å². The third-order valence-corrected chi connectivity index (χ3v) is 2.20. The highest BCUT2D eigenvalue weighted by Gasteiger charge is 2.12. The van der Waals surface area contributed by atoms with E-state index in [1.807, 2.05) is 6.08 Å². The minimum atomic E-state index is -0.267. The van der Waals surface area contributed by atoms with E-state index in [-0.39, 0.29) is 17.5 Å². The number of nitrogens with two attached hydrogens (primary N) is 1. The second-order valence-electron chi connectivity index (χ2n) is 3.12. The molecule has 1 atom stereocenters. The Bertz CT molecular complexity index is 394. The Labute approximate surface area is 75.7 Å². The lowest BCUT2D eigenvalue weighted by Gasteiger charge is -2.10. The molecule has 68 valence electrons. The first-order valence-corrected chi connectivity index (χ1v) is 4.29. The molecule has 2 rings (SSSR count). The van der Waals surface area contributed by atoms with E-state index >= 15 is 0 Å². The van der Waals surface area contributed by atoms with Crippen LogP contribution in [0.4, 0.5) is 5.82 Å². The summed E-state index contributed by atoms with van der Waals surface area (Å²) in [6, 6.07) is 1.81. The summed E-state index contributed by atoms with van der Waals surface area (Å²) in [5.74, 6) is 0.281. The summed E-state index contributed by atoms with van der Waals surface area (Å²) in [6.07, 6.45) is 7.81. The van der Waals surface area contributed by atoms with Crippen LogP contribution < -0.4 is 11.4 Å². The van der Waals surface area contributed by atoms with Crippen LogP contribution in [-0.2, 0) is 0 Å². The summed E-state index contributed by atoms with van der Waals surface area (Å²) in [6.45, 7) is 0. The van der Waals surface area contributed by atoms with Gasteiger partial charge < -0.3 is 5.73 Å². The monoisotopic (exact) mass is 177 g/mol. The molecule has 1 aliphatic carbocycles. The zero-order valence-corrected chi connectivity index (χ0v) is 7.18. The molecule has 0 aromatic carbocycles. The molecular weight excluding hydrogens is 166 g/mol. The zero-order valence-electron chi connectivity index (χ0n) is 7.18. The third-order valence-electron chi connectivity index (χ3n) is 2.20. The molecule has 1 aromatic rings. The van der Waals surface area contributed by atoms with E-state index in [9.17, 15) is 4.79 Å². The van der Waals surface area contributed by atoms with Gasteiger partial charge in [-0.05, 0) is 18.9 Å². The van der Waals surface area contributed by atoms with Crippen molar-refractivity contribution < 1.29 is 0 Å². The van der Waals surface area contributed by atoms with Gasteiger partial charge in [-0.2, -0.15) is 4.98 Å². The normalized spacial score (nSPS) is 20.8. The molecule has 4 heteroatoms. The Morgan fingerprint density at radius 2 is 2.46 bits per heavy atom. The topological polar surface area (TPSA) is 60.9 Å². The van der Waals surface area contributed by atoms with Crippen LogP contribution in [0.3, 0.4) is 0 Å². The van der Waals surface area contributed by atoms with Crippen LogP contribution in [0.1, 0.15) is 18.9 Å². The molecule has 1 unspecified atom stereocenters. The predicted octanol–water partition coefficient (Wildman–Crippen LogP) is 0.717. The summed E-state index contributed by atoms with van der Waals surface area (Å²) in [7, 11) is 0. The van der Waals surface area contributed by atoms with Crippen LogP contribution in [0.2, 0.25) is 0 Å². The lowest BCUT2D eigenvalue weighted by Crippen LogP contribution is -2.25. The predicted molar refractivity (Wildman–Crippen MR) is 50.3 cm³/mol. The van der Waals surface area contributed by atoms with Crippen molar-refractivity contribution in [2.24, 2.45) is 0 Å². The van der Waals surface area contributed by atoms with Gasteiger partial charge in [0.25, 0.3) is 0 Å². The molecule has 0 saturated carbocycles. The summed E-state index contributed by atoms with van der Waals surface area (Å²) in [4.78, 5) is 15.0. The highest BCUT2D eigenvalue weighted by Crippen LogP contribution is 2.20. The number of hydrogen-bond acceptors (Lipinski definition) is 3. The molecule has 0 radical (unpaired) electrons. The summed E-state index contributed by atoms with van der Waals surface area (Å²) in [5, 5.41) is 0. The highest BCUT2D eigenvalue weighted by molar-refractivity contribution is 5.24. The number of nitrogen functional groups attached to an aromatic ring is 1. The maximum atomic E-state index is 11.4. The van der Waals surface area contributed by atoms with E-state index in [0.717, 1.165) is 12.8 Å². The van der Waals surface area contributed by atoms with Gasteiger partial charge in [0.15, 0.2) is 0 Å². The van der Waals surface area contributed by atoms with Crippen LogP contribution in [0.15, 0.2) is 29.2 Å². The summed E-state index contributed by atoms with van der Waals surface area (Å²) >= 11 is 0. The molecule has 1 aliphatic rings. The lowest BCUT2D eigenvalue weighted by atomic mass is 10.2. The molecule has 0 spiro atoms. The van der Waals surface area contributed by atoms with Crippen molar-refractivity contribution in [2.45, 2.75) is 18.9 Å². The van der Waals surface area contributed by atoms with Gasteiger partial charge in [-0.25, -0.2) is 4.79 Å². The molecule has 0 aliphatic heterocycles. The van der Waals surface area contributed by atoms with Gasteiger partial charge in [-0.1, -0.05) is 12.2 Å². The Balaban J connectivity index is 2.40. The Morgan fingerprint density at radius 3 is 3.08 bits per heavy atom. The number of aromatic nitrogens is 2. The SMILES string of the molecule is Nc1ccn(C2C=CCC2)c(=O)n1. The smallest absolute Gasteiger partial charge is 0.350 e. The van der Waals surface area contributed by atoms with Gasteiger partial charge in [0.2, 0.25) is 0 Å². The molecule has 4 nitrogen and oxygen atoms in total. The maximum Gasteiger partial charge on any atom is 0.350 e. The lowest BCUT2D eigenvalue weighted by molar-refractivity contribution is 0.559. The molecule has 0 amide bonds. The average molecular weight is 177 g/mol. The van der Waals surface area contributed by atoms with Crippen LogP contribution in [0.25, 0.3) is 0 Å². The van der Waals surface area contributed by atoms with E-state index in [1.165, 1.54) is 0 Å². The Morgan fingerprint density at radius 1 is 1.62 bits per heavy atom. The van der Waals surface area contributed by atoms with E-state index < -0.39 is 0 Å². The molecule has 0 bridgehead atoms. The fraction of sp³-hybridized carbons (Fsp3) is 0.333. The first-order chi connectivity index (χ1) is 6.27. The second kappa shape index (κ2) is 3.05. The van der Waals surface area contributed by atoms with Crippen molar-refractivity contribution in [1.29, 1.82) is 0 Å². The van der Waals surface area contributed by atoms with Crippen molar-refractivity contribution >= 4 is 5.82 Å². The van der Waals surface area contributed by atoms with Crippen LogP contribution in [0.5, 0.6) is 0 Å². The van der Waals surface area contributed by atoms with E-state index in [0.29, 0.717) is 0 Å². The number of nitrogens with zero attached hydrogens (tertiary/aromatic N) is 2. The number of hydrogen-bond donors (Lipinski definition) is 1. The number of anilines is 1. The Hall–Kier alpha value is -1.58. The maximum absolute atomic E-state index is 11.4. The first-order valence-electron chi connectivity index (χ1n) is 4.29. The summed E-state index contributed by atoms with van der Waals surface area (Å²) in [5.41, 5.74) is 5.12. The van der Waals surface area contributed by atoms with E-state index in [2.05, 4.69) is 11.1 Å². The fourth-order valence-corrected chi connectivity index (χ4v) is 1.53. The van der Waals surface area contributed by atoms with Crippen molar-refractivity contribution in [3.63, 3.8) is 0 Å². The van der Waals surface area contributed by atoms with Gasteiger partial charge in [0.1, 0.15) is 5.82 Å². The highest BCUT2D eigenvalue weighted by atomic mass is 16.1. The van der Waals surface area contributed by atoms with Crippen LogP contribution in [0, 0.1) is 0 Å². The van der Waals surface area contributed by atoms with Crippen LogP contribution >= 0.6 is 0 Å². The summed E-state index contributed by atoms with van der Waals surface area (Å²) < 4.78 is 1.61. The third kappa shape index (κ3) is 1.47. The minimum absolute atomic E-state index is 0.167. The van der Waals surface area contributed by atoms with Gasteiger partial charge in [-0.3, -0.25) is 4.57 Å². The molecule has 1 aromatic heterocycles. The first kappa shape index (κ1) is 8.04. The molecule has 2 N–H and O–H groups in total. The molecular formula is C9H11N3O. The van der Waals surface area contributed by atoms with Gasteiger partial charge in [0, 0.05) is 6.20 Å². The molecule has 1 heterocycles. The van der Waals surface area contributed by atoms with Crippen molar-refractivity contribution in [1.82, 2.24) is 9.55 Å². The van der Waals surface area contributed by atoms with Gasteiger partial charge in [-0.15, -0.1) is 0 Å². The van der Waals surface area contributed by atoms with E-state index in [1.54, 1.807) is 16.8 Å².